The van der Waals surface area contributed by atoms with Gasteiger partial charge in [-0.05, 0) is 41.6 Å². The Morgan fingerprint density at radius 1 is 0.964 bits per heavy atom. The maximum atomic E-state index is 12.5. The number of carbonyl (C=O) groups excluding carboxylic acids is 1. The Labute approximate surface area is 161 Å². The molecule has 0 saturated carbocycles. The van der Waals surface area contributed by atoms with E-state index in [1.807, 2.05) is 66.7 Å². The monoisotopic (exact) mass is 371 g/mol. The second kappa shape index (κ2) is 7.79. The van der Waals surface area contributed by atoms with Crippen LogP contribution in [0.5, 0.6) is 0 Å². The number of ether oxygens (including phenoxy) is 1. The summed E-state index contributed by atoms with van der Waals surface area (Å²) >= 11 is 0. The molecule has 4 aromatic rings. The van der Waals surface area contributed by atoms with Gasteiger partial charge in [0.2, 0.25) is 0 Å². The molecule has 2 aromatic heterocycles. The van der Waals surface area contributed by atoms with Crippen molar-refractivity contribution in [2.45, 2.75) is 13.5 Å². The molecule has 0 spiro atoms. The number of benzene rings is 2. The van der Waals surface area contributed by atoms with Crippen molar-refractivity contribution in [1.29, 1.82) is 0 Å². The van der Waals surface area contributed by atoms with Gasteiger partial charge in [-0.25, -0.2) is 4.79 Å². The molecule has 0 aliphatic rings. The van der Waals surface area contributed by atoms with Crippen LogP contribution in [0.4, 0.5) is 0 Å². The van der Waals surface area contributed by atoms with Gasteiger partial charge in [-0.15, -0.1) is 5.10 Å². The number of aromatic nitrogens is 5. The van der Waals surface area contributed by atoms with E-state index >= 15 is 0 Å². The van der Waals surface area contributed by atoms with Gasteiger partial charge in [0.25, 0.3) is 0 Å². The van der Waals surface area contributed by atoms with E-state index in [1.165, 1.54) is 4.68 Å². The summed E-state index contributed by atoms with van der Waals surface area (Å²) in [7, 11) is 0. The second-order valence-corrected chi connectivity index (χ2v) is 6.11. The molecule has 28 heavy (non-hydrogen) atoms. The lowest BCUT2D eigenvalue weighted by Crippen LogP contribution is -2.11. The van der Waals surface area contributed by atoms with Crippen LogP contribution in [0.15, 0.2) is 72.8 Å². The molecule has 4 rings (SSSR count). The summed E-state index contributed by atoms with van der Waals surface area (Å²) in [6.07, 6.45) is 0. The van der Waals surface area contributed by atoms with Crippen LogP contribution in [0.25, 0.3) is 16.9 Å². The van der Waals surface area contributed by atoms with Gasteiger partial charge in [-0.3, -0.25) is 4.98 Å². The highest BCUT2D eigenvalue weighted by Crippen LogP contribution is 2.19. The minimum Gasteiger partial charge on any atom is -0.454 e. The molecule has 0 radical (unpaired) electrons. The fourth-order valence-electron chi connectivity index (χ4n) is 2.82. The molecule has 0 unspecified atom stereocenters. The smallest absolute Gasteiger partial charge is 0.340 e. The van der Waals surface area contributed by atoms with E-state index in [1.54, 1.807) is 13.0 Å². The number of pyridine rings is 1. The summed E-state index contributed by atoms with van der Waals surface area (Å²) in [4.78, 5) is 17.0. The van der Waals surface area contributed by atoms with Gasteiger partial charge in [-0.2, -0.15) is 4.68 Å². The molecular formula is C21H17N5O2. The van der Waals surface area contributed by atoms with E-state index < -0.39 is 5.97 Å². The zero-order chi connectivity index (χ0) is 19.3. The predicted molar refractivity (Wildman–Crippen MR) is 103 cm³/mol. The number of para-hydroxylation sites is 1. The number of aryl methyl sites for hydroxylation is 1. The van der Waals surface area contributed by atoms with Crippen LogP contribution < -0.4 is 0 Å². The quantitative estimate of drug-likeness (QED) is 0.500. The van der Waals surface area contributed by atoms with Gasteiger partial charge in [0.1, 0.15) is 0 Å². The third-order valence-electron chi connectivity index (χ3n) is 4.24. The van der Waals surface area contributed by atoms with Gasteiger partial charge < -0.3 is 4.74 Å². The normalized spacial score (nSPS) is 10.6. The van der Waals surface area contributed by atoms with Crippen molar-refractivity contribution >= 4 is 5.97 Å². The maximum absolute atomic E-state index is 12.5. The Balaban J connectivity index is 1.49. The Hall–Kier alpha value is -3.87. The molecule has 0 aliphatic heterocycles. The molecule has 0 N–H and O–H groups in total. The van der Waals surface area contributed by atoms with E-state index in [0.29, 0.717) is 17.1 Å². The van der Waals surface area contributed by atoms with Crippen molar-refractivity contribution in [3.05, 3.63) is 89.9 Å². The van der Waals surface area contributed by atoms with Crippen molar-refractivity contribution in [3.8, 4) is 16.9 Å². The van der Waals surface area contributed by atoms with E-state index in [0.717, 1.165) is 16.9 Å². The lowest BCUT2D eigenvalue weighted by atomic mass is 10.1. The number of tetrazole rings is 1. The van der Waals surface area contributed by atoms with Crippen LogP contribution in [0, 0.1) is 6.92 Å². The minimum atomic E-state index is -0.466. The highest BCUT2D eigenvalue weighted by atomic mass is 16.5. The first-order chi connectivity index (χ1) is 13.7. The van der Waals surface area contributed by atoms with Crippen molar-refractivity contribution in [3.63, 3.8) is 0 Å². The van der Waals surface area contributed by atoms with Gasteiger partial charge in [0.15, 0.2) is 12.4 Å². The molecular weight excluding hydrogens is 354 g/mol. The van der Waals surface area contributed by atoms with E-state index in [9.17, 15) is 4.79 Å². The number of rotatable bonds is 5. The zero-order valence-electron chi connectivity index (χ0n) is 15.2. The largest absolute Gasteiger partial charge is 0.454 e. The lowest BCUT2D eigenvalue weighted by molar-refractivity contribution is 0.0458. The Morgan fingerprint density at radius 2 is 1.68 bits per heavy atom. The Bertz CT molecular complexity index is 1090. The van der Waals surface area contributed by atoms with Crippen LogP contribution in [0.2, 0.25) is 0 Å². The van der Waals surface area contributed by atoms with E-state index in [2.05, 4.69) is 20.5 Å². The molecule has 0 aliphatic carbocycles. The third-order valence-corrected chi connectivity index (χ3v) is 4.24. The van der Waals surface area contributed by atoms with Gasteiger partial charge in [-0.1, -0.05) is 48.5 Å². The molecule has 0 saturated heterocycles. The highest BCUT2D eigenvalue weighted by Gasteiger charge is 2.15. The zero-order valence-corrected chi connectivity index (χ0v) is 15.2. The first kappa shape index (κ1) is 17.5. The molecule has 138 valence electrons. The van der Waals surface area contributed by atoms with E-state index in [-0.39, 0.29) is 6.61 Å². The number of esters is 1. The second-order valence-electron chi connectivity index (χ2n) is 6.11. The van der Waals surface area contributed by atoms with Crippen LogP contribution in [0.1, 0.15) is 21.9 Å². The average molecular weight is 371 g/mol. The van der Waals surface area contributed by atoms with E-state index in [4.69, 9.17) is 4.74 Å². The van der Waals surface area contributed by atoms with Gasteiger partial charge in [0.05, 0.1) is 22.6 Å². The molecule has 0 atom stereocenters. The number of hydrogen-bond acceptors (Lipinski definition) is 6. The minimum absolute atomic E-state index is 0.0411. The Morgan fingerprint density at radius 3 is 2.39 bits per heavy atom. The van der Waals surface area contributed by atoms with Gasteiger partial charge >= 0.3 is 5.97 Å². The van der Waals surface area contributed by atoms with Crippen LogP contribution in [-0.2, 0) is 11.3 Å². The van der Waals surface area contributed by atoms with Crippen molar-refractivity contribution in [1.82, 2.24) is 25.2 Å². The predicted octanol–water partition coefficient (Wildman–Crippen LogP) is 3.39. The summed E-state index contributed by atoms with van der Waals surface area (Å²) in [6, 6.07) is 22.8. The topological polar surface area (TPSA) is 82.8 Å². The molecule has 0 fully saturated rings. The van der Waals surface area contributed by atoms with Crippen LogP contribution >= 0.6 is 0 Å². The van der Waals surface area contributed by atoms with Crippen LogP contribution in [-0.4, -0.2) is 31.2 Å². The molecule has 2 heterocycles. The summed E-state index contributed by atoms with van der Waals surface area (Å²) in [5.41, 5.74) is 3.62. The maximum Gasteiger partial charge on any atom is 0.340 e. The molecule has 7 heteroatoms. The summed E-state index contributed by atoms with van der Waals surface area (Å²) in [6.45, 7) is 1.75. The fourth-order valence-corrected chi connectivity index (χ4v) is 2.82. The summed E-state index contributed by atoms with van der Waals surface area (Å²) in [5, 5.41) is 11.6. The molecule has 7 nitrogen and oxygen atoms in total. The van der Waals surface area contributed by atoms with Crippen molar-refractivity contribution in [2.24, 2.45) is 0 Å². The standard InChI is InChI=1S/C21H17N5O2/c1-15-18(12-13-19(22-15)16-8-4-2-5-9-16)21(27)28-14-20-23-24-25-26(20)17-10-6-3-7-11-17/h2-13H,14H2,1H3. The number of nitrogens with zero attached hydrogens (tertiary/aromatic N) is 5. The number of hydrogen-bond donors (Lipinski definition) is 0. The third kappa shape index (κ3) is 3.64. The molecule has 0 amide bonds. The first-order valence-electron chi connectivity index (χ1n) is 8.75. The van der Waals surface area contributed by atoms with Crippen LogP contribution in [0.3, 0.4) is 0 Å². The summed E-state index contributed by atoms with van der Waals surface area (Å²) in [5.74, 6) is -0.0294. The SMILES string of the molecule is Cc1nc(-c2ccccc2)ccc1C(=O)OCc1nnnn1-c1ccccc1. The van der Waals surface area contributed by atoms with Crippen molar-refractivity contribution in [2.75, 3.05) is 0 Å². The molecule has 2 aromatic carbocycles. The average Bonchev–Trinajstić information content (AvgIpc) is 3.22. The fraction of sp³-hybridized carbons (Fsp3) is 0.0952. The Kier molecular flexibility index (Phi) is 4.88. The highest BCUT2D eigenvalue weighted by molar-refractivity contribution is 5.90. The summed E-state index contributed by atoms with van der Waals surface area (Å²) < 4.78 is 6.96. The molecule has 0 bridgehead atoms. The first-order valence-corrected chi connectivity index (χ1v) is 8.75. The lowest BCUT2D eigenvalue weighted by Gasteiger charge is -2.09. The van der Waals surface area contributed by atoms with Crippen molar-refractivity contribution < 1.29 is 9.53 Å². The van der Waals surface area contributed by atoms with Gasteiger partial charge in [0, 0.05) is 5.56 Å². The number of carbonyl (C=O) groups is 1.